The molecule has 66 valence electrons. The molecule has 0 unspecified atom stereocenters. The second kappa shape index (κ2) is 3.74. The predicted octanol–water partition coefficient (Wildman–Crippen LogP) is 1.95. The first kappa shape index (κ1) is 10.5. The Morgan fingerprint density at radius 2 is 1.91 bits per heavy atom. The van der Waals surface area contributed by atoms with Crippen molar-refractivity contribution in [2.24, 2.45) is 5.41 Å². The molecule has 0 aromatic heterocycles. The van der Waals surface area contributed by atoms with E-state index in [-0.39, 0.29) is 17.4 Å². The molecule has 0 saturated heterocycles. The zero-order valence-electron chi connectivity index (χ0n) is 8.19. The molecular formula is C9H19NO. The van der Waals surface area contributed by atoms with Crippen molar-refractivity contribution in [2.75, 3.05) is 0 Å². The molecule has 0 heterocycles. The molecule has 1 N–H and O–H groups in total. The first-order valence-electron chi connectivity index (χ1n) is 4.17. The molecule has 0 radical (unpaired) electrons. The van der Waals surface area contributed by atoms with E-state index >= 15 is 0 Å². The Balaban J connectivity index is 3.87. The van der Waals surface area contributed by atoms with Gasteiger partial charge in [-0.2, -0.15) is 0 Å². The van der Waals surface area contributed by atoms with E-state index in [2.05, 4.69) is 26.1 Å². The summed E-state index contributed by atoms with van der Waals surface area (Å²) in [4.78, 5) is 11.0. The van der Waals surface area contributed by atoms with E-state index in [1.165, 1.54) is 0 Å². The predicted molar refractivity (Wildman–Crippen MR) is 47.4 cm³/mol. The van der Waals surface area contributed by atoms with Crippen molar-refractivity contribution >= 4 is 5.91 Å². The van der Waals surface area contributed by atoms with Crippen LogP contribution in [0.3, 0.4) is 0 Å². The van der Waals surface area contributed by atoms with Crippen LogP contribution in [0.15, 0.2) is 0 Å². The first-order chi connectivity index (χ1) is 4.88. The van der Waals surface area contributed by atoms with Gasteiger partial charge in [0.2, 0.25) is 5.91 Å². The molecule has 0 rings (SSSR count). The first-order valence-corrected chi connectivity index (χ1v) is 4.17. The van der Waals surface area contributed by atoms with Gasteiger partial charge in [0.05, 0.1) is 0 Å². The highest BCUT2D eigenvalue weighted by atomic mass is 16.1. The van der Waals surface area contributed by atoms with Crippen molar-refractivity contribution in [3.05, 3.63) is 0 Å². The SMILES string of the molecule is CCC(=O)N[C@@H](C)C(C)(C)C. The van der Waals surface area contributed by atoms with Gasteiger partial charge in [-0.05, 0) is 12.3 Å². The van der Waals surface area contributed by atoms with E-state index in [9.17, 15) is 4.79 Å². The smallest absolute Gasteiger partial charge is 0.219 e. The second-order valence-corrected chi connectivity index (χ2v) is 4.01. The maximum atomic E-state index is 11.0. The Morgan fingerprint density at radius 1 is 1.45 bits per heavy atom. The number of carbonyl (C=O) groups excluding carboxylic acids is 1. The molecule has 0 aliphatic carbocycles. The fourth-order valence-electron chi connectivity index (χ4n) is 0.560. The zero-order valence-corrected chi connectivity index (χ0v) is 8.19. The van der Waals surface area contributed by atoms with Gasteiger partial charge in [-0.3, -0.25) is 4.79 Å². The number of nitrogens with one attached hydrogen (secondary N) is 1. The Bertz CT molecular complexity index is 135. The average Bonchev–Trinajstić information content (AvgIpc) is 1.85. The molecule has 0 spiro atoms. The van der Waals surface area contributed by atoms with Gasteiger partial charge in [0, 0.05) is 12.5 Å². The highest BCUT2D eigenvalue weighted by molar-refractivity contribution is 5.75. The Hall–Kier alpha value is -0.530. The van der Waals surface area contributed by atoms with Gasteiger partial charge in [0.1, 0.15) is 0 Å². The van der Waals surface area contributed by atoms with Crippen LogP contribution in [0, 0.1) is 5.41 Å². The van der Waals surface area contributed by atoms with Gasteiger partial charge in [-0.1, -0.05) is 27.7 Å². The molecule has 1 amide bonds. The van der Waals surface area contributed by atoms with Crippen molar-refractivity contribution in [3.63, 3.8) is 0 Å². The topological polar surface area (TPSA) is 29.1 Å². The van der Waals surface area contributed by atoms with Crippen molar-refractivity contribution in [1.82, 2.24) is 5.32 Å². The third-order valence-corrected chi connectivity index (χ3v) is 2.00. The number of hydrogen-bond donors (Lipinski definition) is 1. The summed E-state index contributed by atoms with van der Waals surface area (Å²) in [5.41, 5.74) is 0.158. The highest BCUT2D eigenvalue weighted by Crippen LogP contribution is 2.18. The molecule has 0 aromatic rings. The van der Waals surface area contributed by atoms with Gasteiger partial charge >= 0.3 is 0 Å². The van der Waals surface area contributed by atoms with E-state index in [4.69, 9.17) is 0 Å². The molecular weight excluding hydrogens is 138 g/mol. The molecule has 11 heavy (non-hydrogen) atoms. The van der Waals surface area contributed by atoms with E-state index in [0.717, 1.165) is 0 Å². The standard InChI is InChI=1S/C9H19NO/c1-6-8(11)10-7(2)9(3,4)5/h7H,6H2,1-5H3,(H,10,11)/t7-/m0/s1. The van der Waals surface area contributed by atoms with Crippen LogP contribution >= 0.6 is 0 Å². The molecule has 0 bridgehead atoms. The maximum Gasteiger partial charge on any atom is 0.219 e. The van der Waals surface area contributed by atoms with Crippen molar-refractivity contribution in [2.45, 2.75) is 47.1 Å². The molecule has 0 saturated carbocycles. The molecule has 0 aromatic carbocycles. The van der Waals surface area contributed by atoms with E-state index in [0.29, 0.717) is 6.42 Å². The summed E-state index contributed by atoms with van der Waals surface area (Å²) in [6.07, 6.45) is 0.570. The zero-order chi connectivity index (χ0) is 9.07. The van der Waals surface area contributed by atoms with Crippen LogP contribution in [-0.4, -0.2) is 11.9 Å². The number of hydrogen-bond acceptors (Lipinski definition) is 1. The molecule has 0 aliphatic rings. The largest absolute Gasteiger partial charge is 0.353 e. The minimum Gasteiger partial charge on any atom is -0.353 e. The van der Waals surface area contributed by atoms with Gasteiger partial charge in [-0.25, -0.2) is 0 Å². The quantitative estimate of drug-likeness (QED) is 0.652. The normalized spacial score (nSPS) is 14.3. The van der Waals surface area contributed by atoms with Crippen LogP contribution in [0.2, 0.25) is 0 Å². The second-order valence-electron chi connectivity index (χ2n) is 4.01. The number of amides is 1. The van der Waals surface area contributed by atoms with Crippen LogP contribution in [0.5, 0.6) is 0 Å². The number of carbonyl (C=O) groups is 1. The lowest BCUT2D eigenvalue weighted by molar-refractivity contribution is -0.122. The minimum atomic E-state index is 0.132. The van der Waals surface area contributed by atoms with Crippen LogP contribution < -0.4 is 5.32 Å². The summed E-state index contributed by atoms with van der Waals surface area (Å²) >= 11 is 0. The third kappa shape index (κ3) is 4.02. The van der Waals surface area contributed by atoms with Gasteiger partial charge < -0.3 is 5.32 Å². The summed E-state index contributed by atoms with van der Waals surface area (Å²) in [7, 11) is 0. The Labute approximate surface area is 69.4 Å². The van der Waals surface area contributed by atoms with Crippen LogP contribution in [0.4, 0.5) is 0 Å². The lowest BCUT2D eigenvalue weighted by Gasteiger charge is -2.27. The molecule has 2 heteroatoms. The molecule has 0 aliphatic heterocycles. The lowest BCUT2D eigenvalue weighted by Crippen LogP contribution is -2.41. The van der Waals surface area contributed by atoms with Crippen molar-refractivity contribution in [1.29, 1.82) is 0 Å². The van der Waals surface area contributed by atoms with Gasteiger partial charge in [0.15, 0.2) is 0 Å². The lowest BCUT2D eigenvalue weighted by atomic mass is 9.88. The Morgan fingerprint density at radius 3 is 2.18 bits per heavy atom. The van der Waals surface area contributed by atoms with Crippen LogP contribution in [-0.2, 0) is 4.79 Å². The summed E-state index contributed by atoms with van der Waals surface area (Å²) in [6, 6.07) is 0.245. The highest BCUT2D eigenvalue weighted by Gasteiger charge is 2.20. The van der Waals surface area contributed by atoms with Crippen molar-refractivity contribution in [3.8, 4) is 0 Å². The molecule has 1 atom stereocenters. The van der Waals surface area contributed by atoms with Crippen LogP contribution in [0.1, 0.15) is 41.0 Å². The number of rotatable bonds is 2. The fourth-order valence-corrected chi connectivity index (χ4v) is 0.560. The van der Waals surface area contributed by atoms with E-state index in [1.807, 2.05) is 13.8 Å². The Kier molecular flexibility index (Phi) is 3.56. The third-order valence-electron chi connectivity index (χ3n) is 2.00. The molecule has 0 fully saturated rings. The summed E-state index contributed by atoms with van der Waals surface area (Å²) in [5.74, 6) is 0.132. The van der Waals surface area contributed by atoms with Crippen molar-refractivity contribution < 1.29 is 4.79 Å². The fraction of sp³-hybridized carbons (Fsp3) is 0.889. The van der Waals surface area contributed by atoms with E-state index < -0.39 is 0 Å². The monoisotopic (exact) mass is 157 g/mol. The molecule has 2 nitrogen and oxygen atoms in total. The summed E-state index contributed by atoms with van der Waals surface area (Å²) < 4.78 is 0. The van der Waals surface area contributed by atoms with Gasteiger partial charge in [0.25, 0.3) is 0 Å². The van der Waals surface area contributed by atoms with Crippen LogP contribution in [0.25, 0.3) is 0 Å². The minimum absolute atomic E-state index is 0.132. The van der Waals surface area contributed by atoms with E-state index in [1.54, 1.807) is 0 Å². The summed E-state index contributed by atoms with van der Waals surface area (Å²) in [5, 5.41) is 2.93. The average molecular weight is 157 g/mol. The van der Waals surface area contributed by atoms with Gasteiger partial charge in [-0.15, -0.1) is 0 Å². The summed E-state index contributed by atoms with van der Waals surface area (Å²) in [6.45, 7) is 10.3. The maximum absolute atomic E-state index is 11.0.